The molecule has 0 aliphatic rings. The quantitative estimate of drug-likeness (QED) is 0.732. The van der Waals surface area contributed by atoms with Crippen molar-refractivity contribution in [1.82, 2.24) is 4.57 Å². The van der Waals surface area contributed by atoms with E-state index in [4.69, 9.17) is 0 Å². The molecule has 1 aromatic heterocycles. The first kappa shape index (κ1) is 13.1. The molecule has 2 nitrogen and oxygen atoms in total. The van der Waals surface area contributed by atoms with Crippen LogP contribution >= 0.6 is 0 Å². The van der Waals surface area contributed by atoms with Gasteiger partial charge in [-0.05, 0) is 31.9 Å². The molecule has 16 heavy (non-hydrogen) atoms. The molecule has 0 fully saturated rings. The summed E-state index contributed by atoms with van der Waals surface area (Å²) in [6.45, 7) is 5.29. The zero-order valence-corrected chi connectivity index (χ0v) is 9.69. The van der Waals surface area contributed by atoms with Crippen LogP contribution in [-0.2, 0) is 11.3 Å². The van der Waals surface area contributed by atoms with Gasteiger partial charge in [0.1, 0.15) is 6.61 Å². The number of nitrogens with zero attached hydrogens (tertiary/aromatic N) is 1. The van der Waals surface area contributed by atoms with E-state index in [9.17, 15) is 13.2 Å². The van der Waals surface area contributed by atoms with Crippen LogP contribution in [0.25, 0.3) is 0 Å². The van der Waals surface area contributed by atoms with E-state index >= 15 is 0 Å². The van der Waals surface area contributed by atoms with Gasteiger partial charge in [0, 0.05) is 18.4 Å². The second-order valence-corrected chi connectivity index (χ2v) is 3.88. The minimum Gasteiger partial charge on any atom is -0.370 e. The van der Waals surface area contributed by atoms with Gasteiger partial charge >= 0.3 is 6.18 Å². The van der Waals surface area contributed by atoms with E-state index in [-0.39, 0.29) is 6.61 Å². The van der Waals surface area contributed by atoms with Crippen molar-refractivity contribution in [3.8, 4) is 0 Å². The first-order valence-corrected chi connectivity index (χ1v) is 5.08. The van der Waals surface area contributed by atoms with E-state index < -0.39 is 12.8 Å². The molecule has 0 saturated carbocycles. The average molecular weight is 235 g/mol. The molecule has 0 atom stereocenters. The van der Waals surface area contributed by atoms with Gasteiger partial charge in [0.25, 0.3) is 0 Å². The second-order valence-electron chi connectivity index (χ2n) is 3.88. The van der Waals surface area contributed by atoms with Crippen molar-refractivity contribution in [3.63, 3.8) is 0 Å². The van der Waals surface area contributed by atoms with Gasteiger partial charge in [0.2, 0.25) is 0 Å². The number of hydrogen-bond donors (Lipinski definition) is 0. The molecule has 1 heterocycles. The first-order valence-electron chi connectivity index (χ1n) is 5.08. The lowest BCUT2D eigenvalue weighted by atomic mass is 10.2. The third-order valence-corrected chi connectivity index (χ3v) is 2.66. The third-order valence-electron chi connectivity index (χ3n) is 2.66. The Bertz CT molecular complexity index is 355. The van der Waals surface area contributed by atoms with Crippen molar-refractivity contribution < 1.29 is 17.9 Å². The summed E-state index contributed by atoms with van der Waals surface area (Å²) in [4.78, 5) is 0. The molecule has 1 rings (SSSR count). The SMILES string of the molecule is Cc1cn(CCOCC(F)(F)F)c(C)c1C. The lowest BCUT2D eigenvalue weighted by molar-refractivity contribution is -0.174. The molecule has 1 aromatic rings. The fourth-order valence-corrected chi connectivity index (χ4v) is 1.51. The van der Waals surface area contributed by atoms with Crippen molar-refractivity contribution >= 4 is 0 Å². The average Bonchev–Trinajstić information content (AvgIpc) is 2.40. The predicted octanol–water partition coefficient (Wildman–Crippen LogP) is 2.99. The maximum absolute atomic E-state index is 11.8. The Hall–Kier alpha value is -0.970. The largest absolute Gasteiger partial charge is 0.411 e. The van der Waals surface area contributed by atoms with Crippen LogP contribution in [0.2, 0.25) is 0 Å². The summed E-state index contributed by atoms with van der Waals surface area (Å²) < 4.78 is 41.9. The standard InChI is InChI=1S/C11H16F3NO/c1-8-6-15(10(3)9(8)2)4-5-16-7-11(12,13)14/h6H,4-5,7H2,1-3H3. The normalized spacial score (nSPS) is 12.1. The molecule has 0 aromatic carbocycles. The Balaban J connectivity index is 2.41. The van der Waals surface area contributed by atoms with Gasteiger partial charge in [-0.2, -0.15) is 13.2 Å². The van der Waals surface area contributed by atoms with Crippen LogP contribution in [0, 0.1) is 20.8 Å². The number of ether oxygens (including phenoxy) is 1. The molecule has 0 bridgehead atoms. The van der Waals surface area contributed by atoms with E-state index in [1.54, 1.807) is 0 Å². The Kier molecular flexibility index (Phi) is 4.02. The van der Waals surface area contributed by atoms with Crippen molar-refractivity contribution in [2.24, 2.45) is 0 Å². The van der Waals surface area contributed by atoms with Crippen LogP contribution in [0.5, 0.6) is 0 Å². The van der Waals surface area contributed by atoms with E-state index in [1.807, 2.05) is 31.5 Å². The zero-order chi connectivity index (χ0) is 12.3. The van der Waals surface area contributed by atoms with Crippen LogP contribution in [0.4, 0.5) is 13.2 Å². The summed E-state index contributed by atoms with van der Waals surface area (Å²) in [7, 11) is 0. The third kappa shape index (κ3) is 3.56. The first-order chi connectivity index (χ1) is 7.31. The number of aryl methyl sites for hydroxylation is 1. The highest BCUT2D eigenvalue weighted by molar-refractivity contribution is 5.28. The van der Waals surface area contributed by atoms with E-state index in [1.165, 1.54) is 5.56 Å². The molecule has 0 unspecified atom stereocenters. The van der Waals surface area contributed by atoms with Crippen LogP contribution in [0.1, 0.15) is 16.8 Å². The molecule has 0 radical (unpaired) electrons. The van der Waals surface area contributed by atoms with Crippen LogP contribution in [0.15, 0.2) is 6.20 Å². The zero-order valence-electron chi connectivity index (χ0n) is 9.69. The van der Waals surface area contributed by atoms with Gasteiger partial charge in [-0.15, -0.1) is 0 Å². The molecular formula is C11H16F3NO. The topological polar surface area (TPSA) is 14.2 Å². The van der Waals surface area contributed by atoms with Crippen LogP contribution in [0.3, 0.4) is 0 Å². The highest BCUT2D eigenvalue weighted by Crippen LogP contribution is 2.16. The van der Waals surface area contributed by atoms with Crippen LogP contribution < -0.4 is 0 Å². The number of halogens is 3. The fourth-order valence-electron chi connectivity index (χ4n) is 1.51. The molecule has 92 valence electrons. The summed E-state index contributed by atoms with van der Waals surface area (Å²) in [6.07, 6.45) is -2.31. The van der Waals surface area contributed by atoms with E-state index in [0.29, 0.717) is 6.54 Å². The minimum absolute atomic E-state index is 0.0773. The lowest BCUT2D eigenvalue weighted by Gasteiger charge is -2.09. The number of alkyl halides is 3. The Morgan fingerprint density at radius 2 is 1.88 bits per heavy atom. The number of rotatable bonds is 4. The maximum atomic E-state index is 11.8. The number of aromatic nitrogens is 1. The molecule has 0 spiro atoms. The van der Waals surface area contributed by atoms with Crippen molar-refractivity contribution in [1.29, 1.82) is 0 Å². The van der Waals surface area contributed by atoms with E-state index in [0.717, 1.165) is 11.3 Å². The second kappa shape index (κ2) is 4.91. The van der Waals surface area contributed by atoms with Crippen molar-refractivity contribution in [2.45, 2.75) is 33.5 Å². The molecule has 0 amide bonds. The van der Waals surface area contributed by atoms with Gasteiger partial charge in [0.05, 0.1) is 6.61 Å². The van der Waals surface area contributed by atoms with Crippen molar-refractivity contribution in [2.75, 3.05) is 13.2 Å². The van der Waals surface area contributed by atoms with E-state index in [2.05, 4.69) is 4.74 Å². The minimum atomic E-state index is -4.24. The monoisotopic (exact) mass is 235 g/mol. The highest BCUT2D eigenvalue weighted by Gasteiger charge is 2.27. The number of hydrogen-bond acceptors (Lipinski definition) is 1. The molecule has 5 heteroatoms. The Morgan fingerprint density at radius 1 is 1.25 bits per heavy atom. The molecule has 0 aliphatic carbocycles. The molecule has 0 aliphatic heterocycles. The summed E-state index contributed by atoms with van der Waals surface area (Å²) in [5.74, 6) is 0. The van der Waals surface area contributed by atoms with Gasteiger partial charge in [0.15, 0.2) is 0 Å². The molecule has 0 saturated heterocycles. The van der Waals surface area contributed by atoms with Crippen molar-refractivity contribution in [3.05, 3.63) is 23.0 Å². The highest BCUT2D eigenvalue weighted by atomic mass is 19.4. The van der Waals surface area contributed by atoms with Gasteiger partial charge in [-0.3, -0.25) is 0 Å². The Morgan fingerprint density at radius 3 is 2.31 bits per heavy atom. The fraction of sp³-hybridized carbons (Fsp3) is 0.636. The lowest BCUT2D eigenvalue weighted by Crippen LogP contribution is -2.19. The van der Waals surface area contributed by atoms with Gasteiger partial charge in [-0.25, -0.2) is 0 Å². The summed E-state index contributed by atoms with van der Waals surface area (Å²) in [5, 5.41) is 0. The van der Waals surface area contributed by atoms with Crippen LogP contribution in [-0.4, -0.2) is 24.0 Å². The smallest absolute Gasteiger partial charge is 0.370 e. The van der Waals surface area contributed by atoms with Gasteiger partial charge in [-0.1, -0.05) is 0 Å². The summed E-state index contributed by atoms with van der Waals surface area (Å²) >= 11 is 0. The molecule has 0 N–H and O–H groups in total. The van der Waals surface area contributed by atoms with Gasteiger partial charge < -0.3 is 9.30 Å². The predicted molar refractivity (Wildman–Crippen MR) is 55.5 cm³/mol. The summed E-state index contributed by atoms with van der Waals surface area (Å²) in [5.41, 5.74) is 3.40. The molecular weight excluding hydrogens is 219 g/mol. The summed E-state index contributed by atoms with van der Waals surface area (Å²) in [6, 6.07) is 0. The maximum Gasteiger partial charge on any atom is 0.411 e. The Labute approximate surface area is 93.0 Å².